The van der Waals surface area contributed by atoms with Gasteiger partial charge in [0.25, 0.3) is 0 Å². The fraction of sp³-hybridized carbons (Fsp3) is 0.167. The summed E-state index contributed by atoms with van der Waals surface area (Å²) in [6, 6.07) is 7.91. The molecule has 0 spiro atoms. The molecule has 1 aromatic carbocycles. The average molecular weight is 351 g/mol. The Bertz CT molecular complexity index is 729. The van der Waals surface area contributed by atoms with Gasteiger partial charge < -0.3 is 5.73 Å². The van der Waals surface area contributed by atoms with Crippen molar-refractivity contribution in [3.63, 3.8) is 0 Å². The SMILES string of the molecule is CN(Cc1ccc(Cl)s1)S(=O)(=O)c1cc(N)ccc1Cl. The van der Waals surface area contributed by atoms with Gasteiger partial charge in [0.1, 0.15) is 4.90 Å². The largest absolute Gasteiger partial charge is 0.399 e. The summed E-state index contributed by atoms with van der Waals surface area (Å²) >= 11 is 13.1. The lowest BCUT2D eigenvalue weighted by atomic mass is 10.3. The maximum atomic E-state index is 12.5. The molecule has 0 fully saturated rings. The second-order valence-electron chi connectivity index (χ2n) is 4.16. The highest BCUT2D eigenvalue weighted by molar-refractivity contribution is 7.89. The molecule has 1 heterocycles. The van der Waals surface area contributed by atoms with Crippen LogP contribution in [-0.4, -0.2) is 19.8 Å². The van der Waals surface area contributed by atoms with Gasteiger partial charge in [0.2, 0.25) is 10.0 Å². The summed E-state index contributed by atoms with van der Waals surface area (Å²) in [6.07, 6.45) is 0. The van der Waals surface area contributed by atoms with Gasteiger partial charge >= 0.3 is 0 Å². The average Bonchev–Trinajstić information content (AvgIpc) is 2.77. The topological polar surface area (TPSA) is 63.4 Å². The van der Waals surface area contributed by atoms with Crippen molar-refractivity contribution in [1.29, 1.82) is 0 Å². The third-order valence-corrected chi connectivity index (χ3v) is 6.15. The van der Waals surface area contributed by atoms with Gasteiger partial charge in [-0.1, -0.05) is 23.2 Å². The van der Waals surface area contributed by atoms with Crippen LogP contribution in [0.1, 0.15) is 4.88 Å². The summed E-state index contributed by atoms with van der Waals surface area (Å²) in [7, 11) is -2.21. The first-order valence-electron chi connectivity index (χ1n) is 5.56. The molecule has 20 heavy (non-hydrogen) atoms. The monoisotopic (exact) mass is 350 g/mol. The Morgan fingerprint density at radius 1 is 1.25 bits per heavy atom. The summed E-state index contributed by atoms with van der Waals surface area (Å²) in [5.41, 5.74) is 5.97. The molecule has 0 aliphatic carbocycles. The minimum absolute atomic E-state index is 0.00400. The van der Waals surface area contributed by atoms with Crippen LogP contribution in [0.25, 0.3) is 0 Å². The number of rotatable bonds is 4. The molecule has 0 radical (unpaired) electrons. The Morgan fingerprint density at radius 2 is 1.95 bits per heavy atom. The molecule has 2 rings (SSSR count). The molecule has 2 N–H and O–H groups in total. The zero-order chi connectivity index (χ0) is 14.9. The fourth-order valence-electron chi connectivity index (χ4n) is 1.63. The third-order valence-electron chi connectivity index (χ3n) is 2.65. The van der Waals surface area contributed by atoms with Crippen LogP contribution in [0.3, 0.4) is 0 Å². The molecule has 0 saturated carbocycles. The van der Waals surface area contributed by atoms with Crippen molar-refractivity contribution < 1.29 is 8.42 Å². The number of hydrogen-bond acceptors (Lipinski definition) is 4. The molecule has 0 aliphatic heterocycles. The first-order chi connectivity index (χ1) is 9.30. The van der Waals surface area contributed by atoms with Crippen LogP contribution in [0, 0.1) is 0 Å². The van der Waals surface area contributed by atoms with Crippen molar-refractivity contribution in [2.24, 2.45) is 0 Å². The summed E-state index contributed by atoms with van der Waals surface area (Å²) < 4.78 is 26.8. The van der Waals surface area contributed by atoms with Gasteiger partial charge in [0, 0.05) is 24.2 Å². The number of anilines is 1. The standard InChI is InChI=1S/C12H12Cl2N2O2S2/c1-16(7-9-3-5-12(14)19-9)20(17,18)11-6-8(15)2-4-10(11)13/h2-6H,7,15H2,1H3. The van der Waals surface area contributed by atoms with Gasteiger partial charge in [-0.25, -0.2) is 8.42 Å². The van der Waals surface area contributed by atoms with Crippen LogP contribution < -0.4 is 5.73 Å². The van der Waals surface area contributed by atoms with Crippen molar-refractivity contribution in [3.05, 3.63) is 44.6 Å². The van der Waals surface area contributed by atoms with Crippen LogP contribution in [0.5, 0.6) is 0 Å². The Morgan fingerprint density at radius 3 is 2.55 bits per heavy atom. The molecule has 0 amide bonds. The van der Waals surface area contributed by atoms with E-state index in [1.54, 1.807) is 18.2 Å². The van der Waals surface area contributed by atoms with Crippen molar-refractivity contribution >= 4 is 50.2 Å². The van der Waals surface area contributed by atoms with E-state index in [0.717, 1.165) is 4.88 Å². The van der Waals surface area contributed by atoms with E-state index >= 15 is 0 Å². The molecule has 0 saturated heterocycles. The maximum Gasteiger partial charge on any atom is 0.244 e. The third kappa shape index (κ3) is 3.27. The highest BCUT2D eigenvalue weighted by Crippen LogP contribution is 2.28. The molecule has 108 valence electrons. The number of nitrogens with two attached hydrogens (primary N) is 1. The Balaban J connectivity index is 2.32. The second-order valence-corrected chi connectivity index (χ2v) is 8.38. The van der Waals surface area contributed by atoms with Crippen molar-refractivity contribution in [3.8, 4) is 0 Å². The number of thiophene rings is 1. The van der Waals surface area contributed by atoms with Crippen LogP contribution in [0.4, 0.5) is 5.69 Å². The molecular formula is C12H12Cl2N2O2S2. The normalized spacial score (nSPS) is 12.0. The highest BCUT2D eigenvalue weighted by atomic mass is 35.5. The van der Waals surface area contributed by atoms with Gasteiger partial charge in [0.05, 0.1) is 9.36 Å². The number of sulfonamides is 1. The van der Waals surface area contributed by atoms with E-state index in [1.165, 1.54) is 34.8 Å². The highest BCUT2D eigenvalue weighted by Gasteiger charge is 2.24. The molecule has 1 aromatic heterocycles. The summed E-state index contributed by atoms with van der Waals surface area (Å²) in [5.74, 6) is 0. The predicted molar refractivity (Wildman–Crippen MR) is 83.8 cm³/mol. The first kappa shape index (κ1) is 15.6. The molecule has 0 atom stereocenters. The Labute approximate surface area is 131 Å². The van der Waals surface area contributed by atoms with Crippen molar-refractivity contribution in [2.75, 3.05) is 12.8 Å². The molecule has 0 unspecified atom stereocenters. The number of nitrogens with zero attached hydrogens (tertiary/aromatic N) is 1. The lowest BCUT2D eigenvalue weighted by Crippen LogP contribution is -2.26. The van der Waals surface area contributed by atoms with Crippen molar-refractivity contribution in [1.82, 2.24) is 4.31 Å². The molecule has 4 nitrogen and oxygen atoms in total. The van der Waals surface area contributed by atoms with Crippen LogP contribution in [-0.2, 0) is 16.6 Å². The molecule has 0 aliphatic rings. The van der Waals surface area contributed by atoms with Gasteiger partial charge in [-0.3, -0.25) is 0 Å². The van der Waals surface area contributed by atoms with E-state index in [9.17, 15) is 8.42 Å². The number of nitrogen functional groups attached to an aromatic ring is 1. The quantitative estimate of drug-likeness (QED) is 0.858. The van der Waals surface area contributed by atoms with E-state index in [0.29, 0.717) is 10.0 Å². The van der Waals surface area contributed by atoms with E-state index in [4.69, 9.17) is 28.9 Å². The van der Waals surface area contributed by atoms with E-state index in [1.807, 2.05) is 0 Å². The summed E-state index contributed by atoms with van der Waals surface area (Å²) in [6.45, 7) is 0.227. The molecule has 8 heteroatoms. The minimum atomic E-state index is -3.70. The fourth-order valence-corrected chi connectivity index (χ4v) is 4.50. The van der Waals surface area contributed by atoms with Gasteiger partial charge in [-0.2, -0.15) is 4.31 Å². The van der Waals surface area contributed by atoms with Crippen molar-refractivity contribution in [2.45, 2.75) is 11.4 Å². The lowest BCUT2D eigenvalue weighted by Gasteiger charge is -2.17. The van der Waals surface area contributed by atoms with Gasteiger partial charge in [-0.05, 0) is 30.3 Å². The zero-order valence-electron chi connectivity index (χ0n) is 10.5. The Kier molecular flexibility index (Phi) is 4.61. The van der Waals surface area contributed by atoms with Crippen LogP contribution >= 0.6 is 34.5 Å². The summed E-state index contributed by atoms with van der Waals surface area (Å²) in [4.78, 5) is 0.852. The minimum Gasteiger partial charge on any atom is -0.399 e. The number of benzene rings is 1. The second kappa shape index (κ2) is 5.91. The van der Waals surface area contributed by atoms with E-state index in [2.05, 4.69) is 0 Å². The van der Waals surface area contributed by atoms with E-state index < -0.39 is 10.0 Å². The first-order valence-corrected chi connectivity index (χ1v) is 8.57. The molecule has 0 bridgehead atoms. The van der Waals surface area contributed by atoms with E-state index in [-0.39, 0.29) is 16.5 Å². The number of halogens is 2. The number of hydrogen-bond donors (Lipinski definition) is 1. The van der Waals surface area contributed by atoms with Crippen LogP contribution in [0.15, 0.2) is 35.2 Å². The smallest absolute Gasteiger partial charge is 0.244 e. The maximum absolute atomic E-state index is 12.5. The predicted octanol–water partition coefficient (Wildman–Crippen LogP) is 3.46. The Hall–Kier alpha value is -0.790. The van der Waals surface area contributed by atoms with Crippen LogP contribution in [0.2, 0.25) is 9.36 Å². The van der Waals surface area contributed by atoms with Gasteiger partial charge in [-0.15, -0.1) is 11.3 Å². The lowest BCUT2D eigenvalue weighted by molar-refractivity contribution is 0.470. The zero-order valence-corrected chi connectivity index (χ0v) is 13.7. The molecular weight excluding hydrogens is 339 g/mol. The van der Waals surface area contributed by atoms with Gasteiger partial charge in [0.15, 0.2) is 0 Å². The summed E-state index contributed by atoms with van der Waals surface area (Å²) in [5, 5.41) is 0.148. The molecule has 2 aromatic rings.